The van der Waals surface area contributed by atoms with Crippen LogP contribution in [0.15, 0.2) is 18.2 Å². The summed E-state index contributed by atoms with van der Waals surface area (Å²) in [6, 6.07) is 5.99. The molecule has 1 aromatic carbocycles. The van der Waals surface area contributed by atoms with Gasteiger partial charge in [-0.05, 0) is 67.2 Å². The first-order valence-corrected chi connectivity index (χ1v) is 10.0. The first-order valence-electron chi connectivity index (χ1n) is 10.0. The molecule has 1 spiro atoms. The van der Waals surface area contributed by atoms with Crippen LogP contribution in [0.3, 0.4) is 0 Å². The fraction of sp³-hybridized carbons (Fsp3) is 0.636. The Morgan fingerprint density at radius 2 is 1.93 bits per heavy atom. The lowest BCUT2D eigenvalue weighted by Gasteiger charge is -2.47. The molecule has 1 aromatic rings. The zero-order valence-corrected chi connectivity index (χ0v) is 16.1. The van der Waals surface area contributed by atoms with Crippen molar-refractivity contribution in [2.24, 2.45) is 17.3 Å². The molecule has 5 heteroatoms. The van der Waals surface area contributed by atoms with Gasteiger partial charge in [0.05, 0.1) is 6.10 Å². The van der Waals surface area contributed by atoms with E-state index in [4.69, 9.17) is 14.2 Å². The Labute approximate surface area is 159 Å². The number of benzene rings is 1. The van der Waals surface area contributed by atoms with Crippen molar-refractivity contribution in [3.05, 3.63) is 29.3 Å². The third-order valence-corrected chi connectivity index (χ3v) is 7.53. The van der Waals surface area contributed by atoms with E-state index in [1.165, 1.54) is 25.0 Å². The van der Waals surface area contributed by atoms with Crippen LogP contribution in [0.1, 0.15) is 57.6 Å². The van der Waals surface area contributed by atoms with E-state index in [1.54, 1.807) is 0 Å². The highest BCUT2D eigenvalue weighted by molar-refractivity contribution is 5.69. The van der Waals surface area contributed by atoms with Crippen LogP contribution in [-0.2, 0) is 31.1 Å². The molecule has 1 heterocycles. The summed E-state index contributed by atoms with van der Waals surface area (Å²) >= 11 is 0. The Bertz CT molecular complexity index is 832. The van der Waals surface area contributed by atoms with E-state index in [-0.39, 0.29) is 35.2 Å². The highest BCUT2D eigenvalue weighted by atomic mass is 16.6. The van der Waals surface area contributed by atoms with E-state index in [2.05, 4.69) is 13.0 Å². The standard InChI is InChI=1S/C22H26O5/c1-12(23)25-15-5-7-16-14(10-15)4-6-18-17-8-9-19(26-13(2)24)21(17,3)11-20-22(16,18)27-20/h5,7,10,17-20H,4,6,8-9,11H2,1-3H3/t17-,18+,19+,20-,21-,22+/m1/s1. The average Bonchev–Trinajstić information content (AvgIpc) is 3.20. The van der Waals surface area contributed by atoms with Gasteiger partial charge in [0.25, 0.3) is 0 Å². The number of hydrogen-bond acceptors (Lipinski definition) is 5. The predicted octanol–water partition coefficient (Wildman–Crippen LogP) is 3.52. The van der Waals surface area contributed by atoms with Crippen molar-refractivity contribution in [3.63, 3.8) is 0 Å². The zero-order valence-electron chi connectivity index (χ0n) is 16.1. The molecule has 3 aliphatic carbocycles. The van der Waals surface area contributed by atoms with Gasteiger partial charge in [0.15, 0.2) is 0 Å². The van der Waals surface area contributed by atoms with Crippen LogP contribution in [0.4, 0.5) is 0 Å². The minimum atomic E-state index is -0.293. The number of esters is 2. The SMILES string of the molecule is CC(=O)Oc1ccc2c(c1)CC[C@H]1[C@H]3CC[C@H](OC(C)=O)[C@]3(C)C[C@H]3O[C@]231. The van der Waals surface area contributed by atoms with Crippen LogP contribution in [0.5, 0.6) is 5.75 Å². The maximum Gasteiger partial charge on any atom is 0.308 e. The maximum atomic E-state index is 11.6. The van der Waals surface area contributed by atoms with Crippen LogP contribution in [0.25, 0.3) is 0 Å². The van der Waals surface area contributed by atoms with E-state index in [1.807, 2.05) is 12.1 Å². The van der Waals surface area contributed by atoms with Gasteiger partial charge in [-0.15, -0.1) is 0 Å². The second-order valence-electron chi connectivity index (χ2n) is 8.95. The summed E-state index contributed by atoms with van der Waals surface area (Å²) in [4.78, 5) is 22.8. The van der Waals surface area contributed by atoms with Gasteiger partial charge in [-0.2, -0.15) is 0 Å². The van der Waals surface area contributed by atoms with Gasteiger partial charge in [0.1, 0.15) is 17.5 Å². The minimum Gasteiger partial charge on any atom is -0.462 e. The number of epoxide rings is 1. The highest BCUT2D eigenvalue weighted by Gasteiger charge is 2.74. The summed E-state index contributed by atoms with van der Waals surface area (Å²) in [5.74, 6) is 1.13. The van der Waals surface area contributed by atoms with E-state index >= 15 is 0 Å². The van der Waals surface area contributed by atoms with Crippen molar-refractivity contribution in [2.45, 2.75) is 70.7 Å². The Morgan fingerprint density at radius 1 is 1.11 bits per heavy atom. The first-order chi connectivity index (χ1) is 12.8. The molecule has 4 aliphatic rings. The molecule has 5 rings (SSSR count). The molecular weight excluding hydrogens is 344 g/mol. The zero-order chi connectivity index (χ0) is 19.0. The van der Waals surface area contributed by atoms with Gasteiger partial charge in [0.2, 0.25) is 0 Å². The molecule has 27 heavy (non-hydrogen) atoms. The van der Waals surface area contributed by atoms with Crippen LogP contribution >= 0.6 is 0 Å². The number of aryl methyl sites for hydroxylation is 1. The van der Waals surface area contributed by atoms with Gasteiger partial charge in [-0.25, -0.2) is 0 Å². The molecule has 6 atom stereocenters. The summed E-state index contributed by atoms with van der Waals surface area (Å²) in [6.07, 6.45) is 5.24. The number of carbonyl (C=O) groups is 2. The van der Waals surface area contributed by atoms with E-state index in [0.29, 0.717) is 17.6 Å². The summed E-state index contributed by atoms with van der Waals surface area (Å²) < 4.78 is 17.4. The maximum absolute atomic E-state index is 11.6. The lowest BCUT2D eigenvalue weighted by Crippen LogP contribution is -2.49. The molecule has 144 valence electrons. The molecule has 3 fully saturated rings. The average molecular weight is 370 g/mol. The van der Waals surface area contributed by atoms with Crippen molar-refractivity contribution in [3.8, 4) is 5.75 Å². The molecule has 0 N–H and O–H groups in total. The van der Waals surface area contributed by atoms with E-state index < -0.39 is 0 Å². The van der Waals surface area contributed by atoms with Crippen LogP contribution in [-0.4, -0.2) is 24.1 Å². The van der Waals surface area contributed by atoms with Crippen molar-refractivity contribution >= 4 is 11.9 Å². The second kappa shape index (κ2) is 5.57. The smallest absolute Gasteiger partial charge is 0.308 e. The third kappa shape index (κ3) is 2.33. The van der Waals surface area contributed by atoms with Crippen LogP contribution in [0, 0.1) is 17.3 Å². The Hall–Kier alpha value is -1.88. The number of rotatable bonds is 2. The minimum absolute atomic E-state index is 0.00920. The molecule has 0 radical (unpaired) electrons. The third-order valence-electron chi connectivity index (χ3n) is 7.53. The lowest BCUT2D eigenvalue weighted by atomic mass is 9.55. The lowest BCUT2D eigenvalue weighted by molar-refractivity contribution is -0.154. The topological polar surface area (TPSA) is 65.1 Å². The van der Waals surface area contributed by atoms with Crippen LogP contribution < -0.4 is 4.74 Å². The van der Waals surface area contributed by atoms with Crippen LogP contribution in [0.2, 0.25) is 0 Å². The van der Waals surface area contributed by atoms with Gasteiger partial charge in [-0.3, -0.25) is 9.59 Å². The fourth-order valence-electron chi connectivity index (χ4n) is 6.54. The largest absolute Gasteiger partial charge is 0.462 e. The summed E-state index contributed by atoms with van der Waals surface area (Å²) in [5.41, 5.74) is 2.34. The molecule has 5 nitrogen and oxygen atoms in total. The highest BCUT2D eigenvalue weighted by Crippen LogP contribution is 2.71. The molecule has 2 saturated carbocycles. The molecule has 0 bridgehead atoms. The summed E-state index contributed by atoms with van der Waals surface area (Å²) in [6.45, 7) is 5.23. The first kappa shape index (κ1) is 17.2. The molecule has 0 unspecified atom stereocenters. The number of carbonyl (C=O) groups excluding carboxylic acids is 2. The van der Waals surface area contributed by atoms with Gasteiger partial charge < -0.3 is 14.2 Å². The number of hydrogen-bond donors (Lipinski definition) is 0. The van der Waals surface area contributed by atoms with Gasteiger partial charge >= 0.3 is 11.9 Å². The molecule has 1 aliphatic heterocycles. The fourth-order valence-corrected chi connectivity index (χ4v) is 6.54. The van der Waals surface area contributed by atoms with E-state index in [9.17, 15) is 9.59 Å². The Morgan fingerprint density at radius 3 is 2.67 bits per heavy atom. The van der Waals surface area contributed by atoms with Crippen molar-refractivity contribution in [1.82, 2.24) is 0 Å². The van der Waals surface area contributed by atoms with Gasteiger partial charge in [0, 0.05) is 19.3 Å². The van der Waals surface area contributed by atoms with Crippen molar-refractivity contribution in [2.75, 3.05) is 0 Å². The normalized spacial score (nSPS) is 40.9. The molecule has 1 saturated heterocycles. The Balaban J connectivity index is 1.48. The quantitative estimate of drug-likeness (QED) is 0.453. The Kier molecular flexibility index (Phi) is 3.55. The second-order valence-corrected chi connectivity index (χ2v) is 8.95. The van der Waals surface area contributed by atoms with E-state index in [0.717, 1.165) is 32.1 Å². The number of ether oxygens (including phenoxy) is 3. The summed E-state index contributed by atoms with van der Waals surface area (Å²) in [7, 11) is 0. The summed E-state index contributed by atoms with van der Waals surface area (Å²) in [5, 5.41) is 0. The number of fused-ring (bicyclic) bond motifs is 3. The monoisotopic (exact) mass is 370 g/mol. The molecular formula is C22H26O5. The van der Waals surface area contributed by atoms with Crippen molar-refractivity contribution < 1.29 is 23.8 Å². The van der Waals surface area contributed by atoms with Gasteiger partial charge in [-0.1, -0.05) is 13.0 Å². The van der Waals surface area contributed by atoms with Crippen molar-refractivity contribution in [1.29, 1.82) is 0 Å². The predicted molar refractivity (Wildman–Crippen MR) is 97.1 cm³/mol. The molecule has 0 aromatic heterocycles. The molecule has 0 amide bonds.